The van der Waals surface area contributed by atoms with E-state index in [9.17, 15) is 4.79 Å². The predicted octanol–water partition coefficient (Wildman–Crippen LogP) is 2.61. The SMILES string of the molecule is CCN1C[C@@H](C)N(C(=O)c2sccc2C)C[C@H]1C. The van der Waals surface area contributed by atoms with Crippen LogP contribution in [-0.4, -0.2) is 47.4 Å². The van der Waals surface area contributed by atoms with Crippen molar-refractivity contribution in [2.75, 3.05) is 19.6 Å². The number of hydrogen-bond donors (Lipinski definition) is 0. The summed E-state index contributed by atoms with van der Waals surface area (Å²) in [6.45, 7) is 11.4. The fourth-order valence-corrected chi connectivity index (χ4v) is 3.52. The molecule has 1 fully saturated rings. The molecule has 0 aliphatic carbocycles. The zero-order chi connectivity index (χ0) is 13.3. The van der Waals surface area contributed by atoms with Crippen LogP contribution < -0.4 is 0 Å². The number of rotatable bonds is 2. The van der Waals surface area contributed by atoms with Crippen LogP contribution in [0.4, 0.5) is 0 Å². The van der Waals surface area contributed by atoms with E-state index < -0.39 is 0 Å². The van der Waals surface area contributed by atoms with Gasteiger partial charge in [-0.2, -0.15) is 0 Å². The van der Waals surface area contributed by atoms with Gasteiger partial charge in [0, 0.05) is 25.2 Å². The van der Waals surface area contributed by atoms with Crippen LogP contribution in [0.1, 0.15) is 36.0 Å². The monoisotopic (exact) mass is 266 g/mol. The zero-order valence-corrected chi connectivity index (χ0v) is 12.5. The number of hydrogen-bond acceptors (Lipinski definition) is 3. The van der Waals surface area contributed by atoms with Gasteiger partial charge in [-0.3, -0.25) is 9.69 Å². The van der Waals surface area contributed by atoms with Crippen molar-refractivity contribution in [3.8, 4) is 0 Å². The summed E-state index contributed by atoms with van der Waals surface area (Å²) in [6.07, 6.45) is 0. The van der Waals surface area contributed by atoms with E-state index in [-0.39, 0.29) is 5.91 Å². The van der Waals surface area contributed by atoms with Crippen molar-refractivity contribution in [3.63, 3.8) is 0 Å². The average molecular weight is 266 g/mol. The molecule has 18 heavy (non-hydrogen) atoms. The highest BCUT2D eigenvalue weighted by molar-refractivity contribution is 7.12. The minimum Gasteiger partial charge on any atom is -0.332 e. The molecule has 2 heterocycles. The molecule has 2 atom stereocenters. The largest absolute Gasteiger partial charge is 0.332 e. The van der Waals surface area contributed by atoms with E-state index in [0.29, 0.717) is 12.1 Å². The highest BCUT2D eigenvalue weighted by Crippen LogP contribution is 2.22. The van der Waals surface area contributed by atoms with Gasteiger partial charge in [-0.05, 0) is 44.3 Å². The summed E-state index contributed by atoms with van der Waals surface area (Å²) in [5.41, 5.74) is 1.10. The average Bonchev–Trinajstić information content (AvgIpc) is 2.77. The van der Waals surface area contributed by atoms with E-state index in [2.05, 4.69) is 25.7 Å². The first-order valence-electron chi connectivity index (χ1n) is 6.63. The Bertz CT molecular complexity index is 429. The molecular formula is C14H22N2OS. The first-order chi connectivity index (χ1) is 8.54. The Morgan fingerprint density at radius 1 is 1.39 bits per heavy atom. The molecule has 1 aliphatic heterocycles. The Morgan fingerprint density at radius 3 is 2.67 bits per heavy atom. The Morgan fingerprint density at radius 2 is 2.11 bits per heavy atom. The second kappa shape index (κ2) is 5.41. The lowest BCUT2D eigenvalue weighted by atomic mass is 10.1. The first-order valence-corrected chi connectivity index (χ1v) is 7.51. The minimum absolute atomic E-state index is 0.206. The molecule has 0 spiro atoms. The Balaban J connectivity index is 2.14. The van der Waals surface area contributed by atoms with Crippen LogP contribution in [-0.2, 0) is 0 Å². The maximum Gasteiger partial charge on any atom is 0.264 e. The van der Waals surface area contributed by atoms with E-state index in [0.717, 1.165) is 30.1 Å². The summed E-state index contributed by atoms with van der Waals surface area (Å²) in [5.74, 6) is 0.206. The molecule has 0 saturated carbocycles. The molecule has 4 heteroatoms. The molecule has 1 aliphatic rings. The molecule has 2 rings (SSSR count). The van der Waals surface area contributed by atoms with Gasteiger partial charge in [0.2, 0.25) is 0 Å². The first kappa shape index (κ1) is 13.6. The lowest BCUT2D eigenvalue weighted by Gasteiger charge is -2.43. The van der Waals surface area contributed by atoms with E-state index in [4.69, 9.17) is 0 Å². The number of likely N-dealkylation sites (N-methyl/N-ethyl adjacent to an activating group) is 1. The summed E-state index contributed by atoms with van der Waals surface area (Å²) in [4.78, 5) is 17.9. The van der Waals surface area contributed by atoms with Gasteiger partial charge in [0.25, 0.3) is 5.91 Å². The van der Waals surface area contributed by atoms with Crippen LogP contribution in [0.5, 0.6) is 0 Å². The third-order valence-corrected chi connectivity index (χ3v) is 4.84. The molecule has 0 bridgehead atoms. The topological polar surface area (TPSA) is 23.6 Å². The van der Waals surface area contributed by atoms with Gasteiger partial charge >= 0.3 is 0 Å². The summed E-state index contributed by atoms with van der Waals surface area (Å²) < 4.78 is 0. The van der Waals surface area contributed by atoms with Crippen molar-refractivity contribution in [1.29, 1.82) is 0 Å². The van der Waals surface area contributed by atoms with Gasteiger partial charge in [-0.15, -0.1) is 11.3 Å². The third-order valence-electron chi connectivity index (χ3n) is 3.84. The van der Waals surface area contributed by atoms with Gasteiger partial charge in [-0.25, -0.2) is 0 Å². The van der Waals surface area contributed by atoms with Gasteiger partial charge in [0.15, 0.2) is 0 Å². The Labute approximate surface area is 113 Å². The maximum absolute atomic E-state index is 12.6. The molecule has 100 valence electrons. The normalized spacial score (nSPS) is 25.4. The lowest BCUT2D eigenvalue weighted by Crippen LogP contribution is -2.57. The van der Waals surface area contributed by atoms with Crippen LogP contribution in [0, 0.1) is 6.92 Å². The second-order valence-corrected chi connectivity index (χ2v) is 6.09. The van der Waals surface area contributed by atoms with E-state index in [1.807, 2.05) is 23.3 Å². The molecule has 1 saturated heterocycles. The van der Waals surface area contributed by atoms with Gasteiger partial charge in [0.1, 0.15) is 0 Å². The van der Waals surface area contributed by atoms with Crippen molar-refractivity contribution in [3.05, 3.63) is 21.9 Å². The van der Waals surface area contributed by atoms with Crippen LogP contribution in [0.15, 0.2) is 11.4 Å². The Hall–Kier alpha value is -0.870. The van der Waals surface area contributed by atoms with Crippen molar-refractivity contribution in [2.45, 2.75) is 39.8 Å². The zero-order valence-electron chi connectivity index (χ0n) is 11.6. The third kappa shape index (κ3) is 2.45. The number of amides is 1. The van der Waals surface area contributed by atoms with Crippen LogP contribution >= 0.6 is 11.3 Å². The van der Waals surface area contributed by atoms with E-state index in [1.54, 1.807) is 11.3 Å². The van der Waals surface area contributed by atoms with Crippen molar-refractivity contribution in [2.24, 2.45) is 0 Å². The number of aryl methyl sites for hydroxylation is 1. The molecular weight excluding hydrogens is 244 g/mol. The van der Waals surface area contributed by atoms with Gasteiger partial charge in [0.05, 0.1) is 4.88 Å². The quantitative estimate of drug-likeness (QED) is 0.821. The fraction of sp³-hybridized carbons (Fsp3) is 0.643. The van der Waals surface area contributed by atoms with Crippen LogP contribution in [0.3, 0.4) is 0 Å². The van der Waals surface area contributed by atoms with Crippen LogP contribution in [0.2, 0.25) is 0 Å². The highest BCUT2D eigenvalue weighted by atomic mass is 32.1. The standard InChI is InChI=1S/C14H22N2OS/c1-5-15-8-12(4)16(9-11(15)3)14(17)13-10(2)6-7-18-13/h6-7,11-12H,5,8-9H2,1-4H3/t11-,12-/m1/s1. The molecule has 1 amide bonds. The number of carbonyl (C=O) groups excluding carboxylic acids is 1. The molecule has 0 N–H and O–H groups in total. The molecule has 1 aromatic rings. The number of thiophene rings is 1. The smallest absolute Gasteiger partial charge is 0.264 e. The number of piperazine rings is 1. The number of nitrogens with zero attached hydrogens (tertiary/aromatic N) is 2. The minimum atomic E-state index is 0.206. The van der Waals surface area contributed by atoms with E-state index >= 15 is 0 Å². The second-order valence-electron chi connectivity index (χ2n) is 5.18. The summed E-state index contributed by atoms with van der Waals surface area (Å²) in [5, 5.41) is 2.00. The van der Waals surface area contributed by atoms with Crippen molar-refractivity contribution >= 4 is 17.2 Å². The molecule has 1 aromatic heterocycles. The van der Waals surface area contributed by atoms with Gasteiger partial charge in [-0.1, -0.05) is 6.92 Å². The number of carbonyl (C=O) groups is 1. The lowest BCUT2D eigenvalue weighted by molar-refractivity contribution is 0.0339. The fourth-order valence-electron chi connectivity index (χ4n) is 2.64. The Kier molecular flexibility index (Phi) is 4.07. The van der Waals surface area contributed by atoms with Crippen molar-refractivity contribution in [1.82, 2.24) is 9.80 Å². The van der Waals surface area contributed by atoms with E-state index in [1.165, 1.54) is 0 Å². The summed E-state index contributed by atoms with van der Waals surface area (Å²) >= 11 is 1.56. The molecule has 3 nitrogen and oxygen atoms in total. The van der Waals surface area contributed by atoms with Gasteiger partial charge < -0.3 is 4.90 Å². The highest BCUT2D eigenvalue weighted by Gasteiger charge is 2.32. The van der Waals surface area contributed by atoms with Crippen molar-refractivity contribution < 1.29 is 4.79 Å². The molecule has 0 radical (unpaired) electrons. The molecule has 0 unspecified atom stereocenters. The maximum atomic E-state index is 12.6. The molecule has 0 aromatic carbocycles. The summed E-state index contributed by atoms with van der Waals surface area (Å²) in [7, 11) is 0. The van der Waals surface area contributed by atoms with Crippen LogP contribution in [0.25, 0.3) is 0 Å². The summed E-state index contributed by atoms with van der Waals surface area (Å²) in [6, 6.07) is 2.78. The predicted molar refractivity (Wildman–Crippen MR) is 76.3 cm³/mol.